The maximum atomic E-state index is 6.30. The first kappa shape index (κ1) is 21.7. The lowest BCUT2D eigenvalue weighted by Crippen LogP contribution is -2.25. The van der Waals surface area contributed by atoms with Gasteiger partial charge >= 0.3 is 0 Å². The molecule has 0 aromatic heterocycles. The first-order chi connectivity index (χ1) is 16.4. The van der Waals surface area contributed by atoms with Gasteiger partial charge in [-0.15, -0.1) is 0 Å². The summed E-state index contributed by atoms with van der Waals surface area (Å²) in [5, 5.41) is 7.91. The minimum absolute atomic E-state index is 0.482. The van der Waals surface area contributed by atoms with Gasteiger partial charge in [0.1, 0.15) is 24.7 Å². The highest BCUT2D eigenvalue weighted by Crippen LogP contribution is 2.45. The number of ether oxygens (including phenoxy) is 4. The lowest BCUT2D eigenvalue weighted by atomic mass is 9.92. The van der Waals surface area contributed by atoms with E-state index >= 15 is 0 Å². The fraction of sp³-hybridized carbons (Fsp3) is 0.286. The van der Waals surface area contributed by atoms with Crippen molar-refractivity contribution in [2.75, 3.05) is 52.7 Å². The van der Waals surface area contributed by atoms with Crippen molar-refractivity contribution in [2.45, 2.75) is 0 Å². The van der Waals surface area contributed by atoms with Crippen molar-refractivity contribution in [2.24, 2.45) is 0 Å². The van der Waals surface area contributed by atoms with E-state index in [-0.39, 0.29) is 0 Å². The van der Waals surface area contributed by atoms with Crippen LogP contribution in [0.1, 0.15) is 0 Å². The van der Waals surface area contributed by atoms with Crippen molar-refractivity contribution < 1.29 is 18.9 Å². The highest BCUT2D eigenvalue weighted by atomic mass is 16.5. The molecule has 0 spiro atoms. The van der Waals surface area contributed by atoms with Gasteiger partial charge in [-0.1, -0.05) is 60.7 Å². The molecule has 0 saturated heterocycles. The number of nitrogens with one attached hydrogen (secondary N) is 1. The summed E-state index contributed by atoms with van der Waals surface area (Å²) >= 11 is 0. The van der Waals surface area contributed by atoms with Crippen molar-refractivity contribution in [3.8, 4) is 22.6 Å². The van der Waals surface area contributed by atoms with Crippen LogP contribution in [-0.2, 0) is 9.47 Å². The predicted octanol–water partition coefficient (Wildman–Crippen LogP) is 5.05. The highest BCUT2D eigenvalue weighted by Gasteiger charge is 2.19. The average molecular weight is 444 g/mol. The summed E-state index contributed by atoms with van der Waals surface area (Å²) in [4.78, 5) is 0. The van der Waals surface area contributed by atoms with Crippen LogP contribution in [-0.4, -0.2) is 52.7 Å². The van der Waals surface area contributed by atoms with Gasteiger partial charge < -0.3 is 24.3 Å². The molecular weight excluding hydrogens is 414 g/mol. The molecule has 0 fully saturated rings. The Balaban J connectivity index is 1.65. The zero-order valence-electron chi connectivity index (χ0n) is 18.7. The zero-order chi connectivity index (χ0) is 22.3. The highest BCUT2D eigenvalue weighted by molar-refractivity contribution is 6.09. The van der Waals surface area contributed by atoms with Crippen molar-refractivity contribution in [3.63, 3.8) is 0 Å². The molecule has 33 heavy (non-hydrogen) atoms. The number of hydrogen-bond acceptors (Lipinski definition) is 5. The van der Waals surface area contributed by atoms with Gasteiger partial charge in [0.15, 0.2) is 0 Å². The molecule has 5 nitrogen and oxygen atoms in total. The van der Waals surface area contributed by atoms with E-state index in [9.17, 15) is 0 Å². The number of fused-ring (bicyclic) bond motifs is 7. The Hall–Kier alpha value is -3.12. The summed E-state index contributed by atoms with van der Waals surface area (Å²) < 4.78 is 24.1. The molecule has 1 aliphatic rings. The summed E-state index contributed by atoms with van der Waals surface area (Å²) in [6, 6.07) is 25.2. The molecule has 5 rings (SSSR count). The van der Waals surface area contributed by atoms with Crippen LogP contribution in [0.4, 0.5) is 0 Å². The van der Waals surface area contributed by atoms with Crippen molar-refractivity contribution >= 4 is 21.5 Å². The summed E-state index contributed by atoms with van der Waals surface area (Å²) in [5.74, 6) is 1.66. The van der Waals surface area contributed by atoms with Gasteiger partial charge in [0.25, 0.3) is 0 Å². The molecule has 0 unspecified atom stereocenters. The van der Waals surface area contributed by atoms with Crippen LogP contribution in [0.5, 0.6) is 11.5 Å². The molecule has 0 radical (unpaired) electrons. The molecule has 0 atom stereocenters. The molecule has 5 heteroatoms. The van der Waals surface area contributed by atoms with E-state index in [1.807, 2.05) is 0 Å². The monoisotopic (exact) mass is 443 g/mol. The van der Waals surface area contributed by atoms with Crippen molar-refractivity contribution in [1.29, 1.82) is 0 Å². The zero-order valence-corrected chi connectivity index (χ0v) is 18.7. The van der Waals surface area contributed by atoms with Gasteiger partial charge in [-0.25, -0.2) is 0 Å². The molecule has 0 bridgehead atoms. The number of benzene rings is 4. The molecule has 0 amide bonds. The first-order valence-corrected chi connectivity index (χ1v) is 11.6. The topological polar surface area (TPSA) is 49.0 Å². The maximum Gasteiger partial charge on any atom is 0.128 e. The molecule has 0 aliphatic carbocycles. The smallest absolute Gasteiger partial charge is 0.128 e. The van der Waals surface area contributed by atoms with E-state index in [2.05, 4.69) is 78.1 Å². The van der Waals surface area contributed by atoms with E-state index in [4.69, 9.17) is 18.9 Å². The van der Waals surface area contributed by atoms with E-state index < -0.39 is 0 Å². The summed E-state index contributed by atoms with van der Waals surface area (Å²) in [6.07, 6.45) is 0. The van der Waals surface area contributed by atoms with Crippen LogP contribution in [0.25, 0.3) is 32.7 Å². The number of rotatable bonds is 0. The molecule has 0 saturated carbocycles. The van der Waals surface area contributed by atoms with E-state index in [0.717, 1.165) is 57.3 Å². The van der Waals surface area contributed by atoms with Crippen LogP contribution in [0.3, 0.4) is 0 Å². The fourth-order valence-corrected chi connectivity index (χ4v) is 4.30. The Bertz CT molecular complexity index is 1130. The minimum Gasteiger partial charge on any atom is -0.491 e. The second-order valence-electron chi connectivity index (χ2n) is 7.99. The summed E-state index contributed by atoms with van der Waals surface area (Å²) in [7, 11) is 0. The standard InChI is InChI=1S/C28H29NO4/c1-3-7-23-21(5-1)9-11-25-27(23)28-24-8-4-2-6-22(24)10-12-26(28)33-20-18-31-16-14-29-13-15-30-17-19-32-25/h1-12,29H,13-20H2. The summed E-state index contributed by atoms with van der Waals surface area (Å²) in [5.41, 5.74) is 2.10. The van der Waals surface area contributed by atoms with Crippen molar-refractivity contribution in [3.05, 3.63) is 72.8 Å². The molecule has 170 valence electrons. The quantitative estimate of drug-likeness (QED) is 0.412. The second-order valence-corrected chi connectivity index (χ2v) is 7.99. The first-order valence-electron chi connectivity index (χ1n) is 11.6. The van der Waals surface area contributed by atoms with Crippen LogP contribution in [0.2, 0.25) is 0 Å². The Labute approximate surface area is 194 Å². The van der Waals surface area contributed by atoms with Crippen LogP contribution in [0, 0.1) is 0 Å². The van der Waals surface area contributed by atoms with E-state index in [0.29, 0.717) is 39.6 Å². The van der Waals surface area contributed by atoms with Gasteiger partial charge in [0, 0.05) is 24.2 Å². The van der Waals surface area contributed by atoms with Crippen LogP contribution < -0.4 is 14.8 Å². The normalized spacial score (nSPS) is 16.2. The molecule has 1 N–H and O–H groups in total. The van der Waals surface area contributed by atoms with Gasteiger partial charge in [-0.3, -0.25) is 0 Å². The Morgan fingerprint density at radius 3 is 1.48 bits per heavy atom. The van der Waals surface area contributed by atoms with E-state index in [1.54, 1.807) is 0 Å². The summed E-state index contributed by atoms with van der Waals surface area (Å²) in [6.45, 7) is 4.89. The lowest BCUT2D eigenvalue weighted by Gasteiger charge is -2.19. The average Bonchev–Trinajstić information content (AvgIpc) is 2.86. The molecular formula is C28H29NO4. The Kier molecular flexibility index (Phi) is 7.02. The molecule has 4 aromatic rings. The minimum atomic E-state index is 0.482. The largest absolute Gasteiger partial charge is 0.491 e. The van der Waals surface area contributed by atoms with Crippen LogP contribution >= 0.6 is 0 Å². The van der Waals surface area contributed by atoms with Gasteiger partial charge in [-0.2, -0.15) is 0 Å². The molecule has 4 aromatic carbocycles. The van der Waals surface area contributed by atoms with Gasteiger partial charge in [0.2, 0.25) is 0 Å². The number of hydrogen-bond donors (Lipinski definition) is 1. The Morgan fingerprint density at radius 1 is 0.485 bits per heavy atom. The Morgan fingerprint density at radius 2 is 0.970 bits per heavy atom. The van der Waals surface area contributed by atoms with Gasteiger partial charge in [-0.05, 0) is 33.7 Å². The van der Waals surface area contributed by atoms with Crippen molar-refractivity contribution in [1.82, 2.24) is 5.32 Å². The van der Waals surface area contributed by atoms with Gasteiger partial charge in [0.05, 0.1) is 26.4 Å². The molecule has 1 aliphatic heterocycles. The molecule has 1 heterocycles. The third-order valence-electron chi connectivity index (χ3n) is 5.85. The predicted molar refractivity (Wildman–Crippen MR) is 132 cm³/mol. The third kappa shape index (κ3) is 4.96. The van der Waals surface area contributed by atoms with E-state index in [1.165, 1.54) is 0 Å². The SMILES string of the molecule is c1ccc2c3c(ccc2c1)OCCOCCNCCOCCOc1ccc2ccccc2c1-3. The maximum absolute atomic E-state index is 6.30. The second kappa shape index (κ2) is 10.7. The third-order valence-corrected chi connectivity index (χ3v) is 5.85. The fourth-order valence-electron chi connectivity index (χ4n) is 4.30. The lowest BCUT2D eigenvalue weighted by molar-refractivity contribution is 0.0914. The van der Waals surface area contributed by atoms with Crippen LogP contribution in [0.15, 0.2) is 72.8 Å².